The van der Waals surface area contributed by atoms with Gasteiger partial charge in [-0.25, -0.2) is 8.78 Å². The first-order chi connectivity index (χ1) is 16.6. The smallest absolute Gasteiger partial charge is 0.254 e. The largest absolute Gasteiger partial charge is 0.497 e. The van der Waals surface area contributed by atoms with E-state index < -0.39 is 47.5 Å². The predicted octanol–water partition coefficient (Wildman–Crippen LogP) is 1.91. The van der Waals surface area contributed by atoms with E-state index in [-0.39, 0.29) is 37.6 Å². The van der Waals surface area contributed by atoms with Gasteiger partial charge in [-0.3, -0.25) is 10.2 Å². The number of amidine groups is 1. The van der Waals surface area contributed by atoms with Crippen LogP contribution in [-0.4, -0.2) is 54.0 Å². The van der Waals surface area contributed by atoms with Crippen molar-refractivity contribution in [2.45, 2.75) is 50.7 Å². The predicted molar refractivity (Wildman–Crippen MR) is 122 cm³/mol. The highest BCUT2D eigenvalue weighted by Gasteiger charge is 2.33. The van der Waals surface area contributed by atoms with Crippen LogP contribution in [0, 0.1) is 17.0 Å². The highest BCUT2D eigenvalue weighted by atomic mass is 19.1. The maximum absolute atomic E-state index is 14.6. The van der Waals surface area contributed by atoms with Crippen LogP contribution in [0.1, 0.15) is 42.6 Å². The molecule has 9 nitrogen and oxygen atoms in total. The number of aliphatic hydroxyl groups excluding tert-OH is 2. The Morgan fingerprint density at radius 3 is 2.37 bits per heavy atom. The second-order valence-corrected chi connectivity index (χ2v) is 8.14. The van der Waals surface area contributed by atoms with Gasteiger partial charge in [0.25, 0.3) is 5.91 Å². The zero-order chi connectivity index (χ0) is 25.7. The average molecular weight is 494 g/mol. The number of hydrogen-bond donors (Lipinski definition) is 5. The molecular weight excluding hydrogens is 464 g/mol. The lowest BCUT2D eigenvalue weighted by atomic mass is 10.1. The Morgan fingerprint density at radius 1 is 1.20 bits per heavy atom. The fraction of sp³-hybridized carbons (Fsp3) is 0.417. The fourth-order valence-corrected chi connectivity index (χ4v) is 3.86. The van der Waals surface area contributed by atoms with E-state index in [0.717, 1.165) is 12.1 Å². The molecule has 0 radical (unpaired) electrons. The van der Waals surface area contributed by atoms with Crippen LogP contribution in [0.4, 0.5) is 8.78 Å². The van der Waals surface area contributed by atoms with E-state index in [1.165, 1.54) is 13.2 Å². The normalized spacial score (nSPS) is 20.3. The molecule has 1 aliphatic rings. The summed E-state index contributed by atoms with van der Waals surface area (Å²) in [7, 11) is 1.27. The van der Waals surface area contributed by atoms with Gasteiger partial charge in [-0.1, -0.05) is 12.1 Å². The van der Waals surface area contributed by atoms with Crippen molar-refractivity contribution in [3.63, 3.8) is 0 Å². The van der Waals surface area contributed by atoms with E-state index in [0.29, 0.717) is 16.9 Å². The minimum absolute atomic E-state index is 0.0248. The van der Waals surface area contributed by atoms with Gasteiger partial charge in [0.2, 0.25) is 0 Å². The molecule has 1 saturated carbocycles. The summed E-state index contributed by atoms with van der Waals surface area (Å²) in [5, 5.41) is 29.9. The maximum Gasteiger partial charge on any atom is 0.254 e. The number of benzene rings is 2. The first-order valence-corrected chi connectivity index (χ1v) is 11.1. The first-order valence-electron chi connectivity index (χ1n) is 11.1. The van der Waals surface area contributed by atoms with Crippen LogP contribution in [0.25, 0.3) is 0 Å². The molecule has 2 aromatic rings. The molecule has 0 aromatic heterocycles. The summed E-state index contributed by atoms with van der Waals surface area (Å²) in [6.07, 6.45) is -3.46. The van der Waals surface area contributed by atoms with Crippen LogP contribution in [0.3, 0.4) is 0 Å². The van der Waals surface area contributed by atoms with E-state index >= 15 is 0 Å². The van der Waals surface area contributed by atoms with E-state index in [9.17, 15) is 23.8 Å². The molecule has 1 amide bonds. The number of halogens is 2. The lowest BCUT2D eigenvalue weighted by molar-refractivity contribution is -0.133. The second kappa shape index (κ2) is 11.4. The molecule has 0 bridgehead atoms. The summed E-state index contributed by atoms with van der Waals surface area (Å²) in [5.74, 6) is -2.68. The molecule has 190 valence electrons. The third-order valence-corrected chi connectivity index (χ3v) is 5.70. The van der Waals surface area contributed by atoms with Gasteiger partial charge in [-0.15, -0.1) is 0 Å². The number of carbonyl (C=O) groups excluding carboxylic acids is 1. The van der Waals surface area contributed by atoms with E-state index in [1.54, 1.807) is 19.1 Å². The van der Waals surface area contributed by atoms with Gasteiger partial charge >= 0.3 is 0 Å². The molecule has 0 saturated heterocycles. The molecule has 0 spiro atoms. The minimum atomic E-state index is -1.55. The van der Waals surface area contributed by atoms with Crippen molar-refractivity contribution in [2.75, 3.05) is 13.7 Å². The van der Waals surface area contributed by atoms with E-state index in [4.69, 9.17) is 25.4 Å². The Labute approximate surface area is 201 Å². The molecule has 3 rings (SSSR count). The molecule has 0 heterocycles. The van der Waals surface area contributed by atoms with Gasteiger partial charge in [-0.05, 0) is 13.0 Å². The van der Waals surface area contributed by atoms with Crippen molar-refractivity contribution < 1.29 is 38.0 Å². The van der Waals surface area contributed by atoms with Crippen LogP contribution in [0.5, 0.6) is 11.5 Å². The lowest BCUT2D eigenvalue weighted by Gasteiger charge is -2.21. The zero-order valence-electron chi connectivity index (χ0n) is 19.4. The monoisotopic (exact) mass is 493 g/mol. The van der Waals surface area contributed by atoms with Crippen molar-refractivity contribution in [1.82, 2.24) is 5.32 Å². The van der Waals surface area contributed by atoms with E-state index in [1.807, 2.05) is 0 Å². The quantitative estimate of drug-likeness (QED) is 0.251. The van der Waals surface area contributed by atoms with Gasteiger partial charge < -0.3 is 35.5 Å². The second-order valence-electron chi connectivity index (χ2n) is 8.14. The topological polar surface area (TPSA) is 147 Å². The summed E-state index contributed by atoms with van der Waals surface area (Å²) < 4.78 is 45.3. The number of nitrogen functional groups attached to an aromatic ring is 1. The summed E-state index contributed by atoms with van der Waals surface area (Å²) in [4.78, 5) is 12.9. The molecule has 1 aliphatic carbocycles. The van der Waals surface area contributed by atoms with Crippen molar-refractivity contribution >= 4 is 11.7 Å². The van der Waals surface area contributed by atoms with Gasteiger partial charge in [-0.2, -0.15) is 0 Å². The highest BCUT2D eigenvalue weighted by Crippen LogP contribution is 2.30. The number of nitrogens with one attached hydrogen (secondary N) is 2. The number of hydrogen-bond acceptors (Lipinski definition) is 7. The van der Waals surface area contributed by atoms with Crippen molar-refractivity contribution in [3.05, 3.63) is 58.7 Å². The summed E-state index contributed by atoms with van der Waals surface area (Å²) in [6, 6.07) is 6.61. The highest BCUT2D eigenvalue weighted by molar-refractivity contribution is 5.95. The Kier molecular flexibility index (Phi) is 8.60. The molecule has 2 aromatic carbocycles. The Morgan fingerprint density at radius 2 is 1.83 bits per heavy atom. The number of aliphatic hydroxyl groups is 2. The number of ether oxygens (including phenoxy) is 3. The summed E-state index contributed by atoms with van der Waals surface area (Å²) >= 11 is 0. The van der Waals surface area contributed by atoms with Gasteiger partial charge in [0.05, 0.1) is 24.9 Å². The summed E-state index contributed by atoms with van der Waals surface area (Å²) in [5.41, 5.74) is 5.91. The third kappa shape index (κ3) is 6.24. The fourth-order valence-electron chi connectivity index (χ4n) is 3.86. The molecule has 6 N–H and O–H groups in total. The van der Waals surface area contributed by atoms with Crippen LogP contribution in [-0.2, 0) is 16.1 Å². The van der Waals surface area contributed by atoms with Gasteiger partial charge in [0.1, 0.15) is 35.1 Å². The van der Waals surface area contributed by atoms with Crippen LogP contribution >= 0.6 is 0 Å². The molecule has 11 heteroatoms. The number of nitrogens with two attached hydrogens (primary N) is 1. The van der Waals surface area contributed by atoms with Gasteiger partial charge in [0.15, 0.2) is 6.10 Å². The van der Waals surface area contributed by atoms with Gasteiger partial charge in [0, 0.05) is 49.3 Å². The molecule has 1 unspecified atom stereocenters. The number of carbonyl (C=O) groups is 1. The minimum Gasteiger partial charge on any atom is -0.497 e. The average Bonchev–Trinajstić information content (AvgIpc) is 3.13. The van der Waals surface area contributed by atoms with E-state index in [2.05, 4.69) is 5.32 Å². The number of methoxy groups -OCH3 is 1. The summed E-state index contributed by atoms with van der Waals surface area (Å²) in [6.45, 7) is 1.53. The number of amides is 1. The van der Waals surface area contributed by atoms with Crippen molar-refractivity contribution in [1.29, 1.82) is 5.41 Å². The SMILES string of the molecule is CCO[C@H](C(=O)NCc1ccc(C(=N)N)cc1OC1C[C@@H](O)[C@@H](O)C1)c1c(F)cc(OC)cc1F. The van der Waals surface area contributed by atoms with Crippen LogP contribution in [0.15, 0.2) is 30.3 Å². The molecular formula is C24H29F2N3O6. The standard InChI is InChI=1S/C24H29F2N3O6/c1-3-34-22(21-16(25)7-14(33-2)8-17(21)26)24(32)29-11-13-5-4-12(23(27)28)6-20(13)35-15-9-18(30)19(31)10-15/h4-8,15,18-19,22,30-31H,3,9-11H2,1-2H3,(H3,27,28)(H,29,32)/t15?,18-,19+,22-/m0/s1. The Bertz CT molecular complexity index is 1050. The van der Waals surface area contributed by atoms with Crippen molar-refractivity contribution in [2.24, 2.45) is 5.73 Å². The van der Waals surface area contributed by atoms with Crippen LogP contribution in [0.2, 0.25) is 0 Å². The Balaban J connectivity index is 1.81. The first kappa shape index (κ1) is 26.3. The zero-order valence-corrected chi connectivity index (χ0v) is 19.4. The Hall–Kier alpha value is -3.28. The molecule has 0 aliphatic heterocycles. The maximum atomic E-state index is 14.6. The van der Waals surface area contributed by atoms with Crippen molar-refractivity contribution in [3.8, 4) is 11.5 Å². The third-order valence-electron chi connectivity index (χ3n) is 5.70. The molecule has 35 heavy (non-hydrogen) atoms. The lowest BCUT2D eigenvalue weighted by Crippen LogP contribution is -2.32. The molecule has 4 atom stereocenters. The number of rotatable bonds is 10. The van der Waals surface area contributed by atoms with Crippen LogP contribution < -0.4 is 20.5 Å². The molecule has 1 fully saturated rings.